The average Bonchev–Trinajstić information content (AvgIpc) is 1.58. The summed E-state index contributed by atoms with van der Waals surface area (Å²) in [4.78, 5) is 7.26. The Bertz CT molecular complexity index is 9210. The number of rotatable bonds is 21. The quantitative estimate of drug-likeness (QED) is 0.0715. The van der Waals surface area contributed by atoms with Crippen LogP contribution in [0.5, 0.6) is 0 Å². The molecule has 5 nitrogen and oxygen atoms in total. The lowest BCUT2D eigenvalue weighted by molar-refractivity contribution is 1.18. The third-order valence-corrected chi connectivity index (χ3v) is 30.3. The van der Waals surface area contributed by atoms with Gasteiger partial charge in [0.05, 0.1) is 33.1 Å². The van der Waals surface area contributed by atoms with Crippen molar-refractivity contribution in [2.75, 3.05) is 9.80 Å². The summed E-state index contributed by atoms with van der Waals surface area (Å²) in [5, 5.41) is 7.47. The van der Waals surface area contributed by atoms with E-state index in [1.807, 2.05) is 11.3 Å². The van der Waals surface area contributed by atoms with E-state index < -0.39 is 0 Å². The second-order valence-corrected chi connectivity index (χ2v) is 38.9. The van der Waals surface area contributed by atoms with Crippen LogP contribution in [0.3, 0.4) is 0 Å². The molecule has 0 saturated heterocycles. The van der Waals surface area contributed by atoms with Gasteiger partial charge in [-0.1, -0.05) is 413 Å². The molecule has 0 aliphatic heterocycles. The summed E-state index contributed by atoms with van der Waals surface area (Å²) in [5.74, 6) is 0. The van der Waals surface area contributed by atoms with Gasteiger partial charge in [-0.05, 0) is 298 Å². The second-order valence-electron chi connectivity index (χ2n) is 37.9. The largest absolute Gasteiger partial charge is 0.311 e. The van der Waals surface area contributed by atoms with Crippen molar-refractivity contribution < 1.29 is 0 Å². The molecule has 0 N–H and O–H groups in total. The Morgan fingerprint density at radius 1 is 0.115 bits per heavy atom. The van der Waals surface area contributed by atoms with Crippen LogP contribution in [0.4, 0.5) is 34.1 Å². The molecule has 0 fully saturated rings. The maximum Gasteiger partial charge on any atom is 0.0541 e. The Morgan fingerprint density at radius 2 is 0.277 bits per heavy atom. The number of nitrogens with zero attached hydrogens (tertiary/aromatic N) is 5. The number of para-hydroxylation sites is 4. The van der Waals surface area contributed by atoms with Crippen LogP contribution in [0.25, 0.3) is 215 Å². The summed E-state index contributed by atoms with van der Waals surface area (Å²) in [5.41, 5.74) is 43.6. The SMILES string of the molecule is c1ccc(-c2ccc(-c3ccc(N(c4ccc(-c5ccc(-c6ccccc6)cc5)cc4)c4ccc(-c5ccc(-n6c7ccccc7c7cc(-c8ccc(-c9ccc(-c%10ccccc%10)s9)cc8)ccc76)cc5)cc4)cc3)cc2)cc1.c1ccc(-c2ccc(N(c3ccc(-c4ccccc4)cc3)c3ccc(-c4ccc(-n5c6ccccc6c6cc(-c7ccc8c(c7)c7ccccc7n8-c7ccccc7)ccc65)cc4)cc3)cc2)cc1. The molecule has 0 atom stereocenters. The Labute approximate surface area is 865 Å². The molecule has 23 aromatic carbocycles. The van der Waals surface area contributed by atoms with Gasteiger partial charge < -0.3 is 23.5 Å². The van der Waals surface area contributed by atoms with Crippen LogP contribution in [0, 0.1) is 0 Å². The van der Waals surface area contributed by atoms with E-state index in [4.69, 9.17) is 0 Å². The predicted molar refractivity (Wildman–Crippen MR) is 628 cm³/mol. The Balaban J connectivity index is 0.000000151. The van der Waals surface area contributed by atoms with E-state index in [1.165, 1.54) is 192 Å². The van der Waals surface area contributed by atoms with E-state index in [-0.39, 0.29) is 0 Å². The average molecular weight is 1910 g/mol. The normalized spacial score (nSPS) is 11.4. The smallest absolute Gasteiger partial charge is 0.0541 e. The molecule has 6 heteroatoms. The van der Waals surface area contributed by atoms with Gasteiger partial charge in [-0.25, -0.2) is 0 Å². The summed E-state index contributed by atoms with van der Waals surface area (Å²) < 4.78 is 7.18. The minimum atomic E-state index is 1.08. The van der Waals surface area contributed by atoms with Crippen molar-refractivity contribution in [3.05, 3.63) is 588 Å². The van der Waals surface area contributed by atoms with Crippen LogP contribution >= 0.6 is 11.3 Å². The van der Waals surface area contributed by atoms with Gasteiger partial charge in [0.2, 0.25) is 0 Å². The highest BCUT2D eigenvalue weighted by atomic mass is 32.1. The van der Waals surface area contributed by atoms with Gasteiger partial charge in [0.25, 0.3) is 0 Å². The minimum Gasteiger partial charge on any atom is -0.311 e. The Hall–Kier alpha value is -19.2. The molecule has 0 saturated carbocycles. The van der Waals surface area contributed by atoms with Crippen molar-refractivity contribution in [2.24, 2.45) is 0 Å². The first-order valence-electron chi connectivity index (χ1n) is 50.6. The lowest BCUT2D eigenvalue weighted by Gasteiger charge is -2.26. The van der Waals surface area contributed by atoms with Gasteiger partial charge in [0, 0.05) is 93.3 Å². The van der Waals surface area contributed by atoms with Crippen LogP contribution in [0.2, 0.25) is 0 Å². The lowest BCUT2D eigenvalue weighted by atomic mass is 9.99. The lowest BCUT2D eigenvalue weighted by Crippen LogP contribution is -2.09. The highest BCUT2D eigenvalue weighted by Gasteiger charge is 2.23. The highest BCUT2D eigenvalue weighted by Crippen LogP contribution is 2.47. The zero-order chi connectivity index (χ0) is 98.2. The van der Waals surface area contributed by atoms with Crippen LogP contribution in [0.1, 0.15) is 0 Å². The van der Waals surface area contributed by atoms with Crippen molar-refractivity contribution in [2.45, 2.75) is 0 Å². The molecule has 4 aromatic heterocycles. The van der Waals surface area contributed by atoms with Crippen LogP contribution in [-0.2, 0) is 0 Å². The minimum absolute atomic E-state index is 1.08. The van der Waals surface area contributed by atoms with Gasteiger partial charge in [-0.2, -0.15) is 0 Å². The van der Waals surface area contributed by atoms with Crippen LogP contribution in [-0.4, -0.2) is 13.7 Å². The Morgan fingerprint density at radius 3 is 0.534 bits per heavy atom. The molecular weight excluding hydrogens is 1810 g/mol. The highest BCUT2D eigenvalue weighted by molar-refractivity contribution is 7.18. The van der Waals surface area contributed by atoms with Gasteiger partial charge >= 0.3 is 0 Å². The number of aromatic nitrogens is 3. The van der Waals surface area contributed by atoms with Crippen LogP contribution < -0.4 is 9.80 Å². The summed E-state index contributed by atoms with van der Waals surface area (Å²) in [6, 6.07) is 214. The standard InChI is InChI=1S/C76H52N2S.C66H45N3/c1-4-12-53(13-5-1)55-20-24-57(25-21-55)59-32-41-67(42-33-59)77(68-43-34-60(35-44-68)58-26-22-56(23-27-58)54-14-6-2-7-15-54)69-45-36-61(37-46-69)62-38-47-70(48-39-62)78-73-19-11-10-18-71(73)72-52-66(40-49-74(72)78)63-28-30-65(31-29-63)76-51-50-75(79-76)64-16-8-3-9-17-64;1-4-14-46(15-5-1)48-24-34-55(35-25-48)67(56-36-26-49(27-37-56)47-16-6-2-7-17-47)57-38-28-50(29-39-57)51-30-40-58(41-31-51)69-64-23-13-11-21-60(64)62-45-53(33-43-66(62)69)52-32-42-65-61(44-52)59-20-10-12-22-63(59)68(65)54-18-8-3-9-19-54/h1-52H;1-45H. The number of anilines is 6. The second kappa shape index (κ2) is 39.2. The van der Waals surface area contributed by atoms with Crippen molar-refractivity contribution in [1.82, 2.24) is 13.7 Å². The number of fused-ring (bicyclic) bond motifs is 9. The molecular formula is C142H97N5S. The fraction of sp³-hybridized carbons (Fsp3) is 0. The topological polar surface area (TPSA) is 21.3 Å². The third kappa shape index (κ3) is 17.4. The van der Waals surface area contributed by atoms with E-state index in [1.54, 1.807) is 0 Å². The fourth-order valence-corrected chi connectivity index (χ4v) is 22.5. The molecule has 4 heterocycles. The van der Waals surface area contributed by atoms with Crippen LogP contribution in [0.15, 0.2) is 588 Å². The van der Waals surface area contributed by atoms with E-state index in [0.29, 0.717) is 0 Å². The van der Waals surface area contributed by atoms with Gasteiger partial charge in [0.1, 0.15) is 0 Å². The van der Waals surface area contributed by atoms with Crippen molar-refractivity contribution in [1.29, 1.82) is 0 Å². The van der Waals surface area contributed by atoms with Gasteiger partial charge in [-0.15, -0.1) is 11.3 Å². The van der Waals surface area contributed by atoms with Crippen molar-refractivity contribution in [3.8, 4) is 149 Å². The maximum atomic E-state index is 2.40. The molecule has 0 unspecified atom stereocenters. The fourth-order valence-electron chi connectivity index (χ4n) is 21.5. The first-order chi connectivity index (χ1) is 73.3. The van der Waals surface area contributed by atoms with E-state index >= 15 is 0 Å². The molecule has 0 aliphatic carbocycles. The molecule has 27 rings (SSSR count). The summed E-state index contributed by atoms with van der Waals surface area (Å²) in [6.07, 6.45) is 0. The predicted octanol–water partition coefficient (Wildman–Crippen LogP) is 39.7. The molecule has 148 heavy (non-hydrogen) atoms. The maximum absolute atomic E-state index is 2.40. The molecule has 27 aromatic rings. The molecule has 0 spiro atoms. The number of thiophene rings is 1. The Kier molecular flexibility index (Phi) is 23.6. The summed E-state index contributed by atoms with van der Waals surface area (Å²) >= 11 is 1.84. The van der Waals surface area contributed by atoms with E-state index in [9.17, 15) is 0 Å². The zero-order valence-electron chi connectivity index (χ0n) is 81.1. The number of benzene rings is 23. The monoisotopic (exact) mass is 1900 g/mol. The molecule has 0 bridgehead atoms. The first kappa shape index (κ1) is 88.9. The van der Waals surface area contributed by atoms with Crippen molar-refractivity contribution in [3.63, 3.8) is 0 Å². The summed E-state index contributed by atoms with van der Waals surface area (Å²) in [7, 11) is 0. The molecule has 696 valence electrons. The van der Waals surface area contributed by atoms with E-state index in [2.05, 4.69) is 612 Å². The number of hydrogen-bond donors (Lipinski definition) is 0. The molecule has 0 amide bonds. The van der Waals surface area contributed by atoms with Gasteiger partial charge in [-0.3, -0.25) is 0 Å². The number of hydrogen-bond acceptors (Lipinski definition) is 3. The van der Waals surface area contributed by atoms with Crippen molar-refractivity contribution >= 4 is 111 Å². The van der Waals surface area contributed by atoms with Gasteiger partial charge in [0.15, 0.2) is 0 Å². The van der Waals surface area contributed by atoms with E-state index in [0.717, 1.165) is 56.6 Å². The third-order valence-electron chi connectivity index (χ3n) is 29.1. The first-order valence-corrected chi connectivity index (χ1v) is 51.4. The molecule has 0 aliphatic rings. The summed E-state index contributed by atoms with van der Waals surface area (Å²) in [6.45, 7) is 0. The molecule has 0 radical (unpaired) electrons. The zero-order valence-corrected chi connectivity index (χ0v) is 82.0.